The van der Waals surface area contributed by atoms with Crippen LogP contribution in [0.25, 0.3) is 0 Å². The molecular weight excluding hydrogens is 338 g/mol. The van der Waals surface area contributed by atoms with E-state index in [2.05, 4.69) is 44.5 Å². The molecule has 0 aliphatic carbocycles. The highest BCUT2D eigenvalue weighted by Gasteiger charge is 2.14. The number of rotatable bonds is 6. The summed E-state index contributed by atoms with van der Waals surface area (Å²) in [5.41, 5.74) is 1.99. The van der Waals surface area contributed by atoms with Crippen LogP contribution in [0.1, 0.15) is 12.8 Å². The number of benzene rings is 1. The van der Waals surface area contributed by atoms with Crippen LogP contribution in [0.15, 0.2) is 33.9 Å². The standard InChI is InChI=1S/C17H23N5O2S/c1-3-16-19-20-17(24-16)25-12-15(23)18-13-4-6-14(7-5-13)22-10-8-21(2)9-11-22/h4-7H,3,8-12H2,1-2H3,(H,18,23). The van der Waals surface area contributed by atoms with Gasteiger partial charge in [0.05, 0.1) is 5.75 Å². The summed E-state index contributed by atoms with van der Waals surface area (Å²) in [4.78, 5) is 16.7. The van der Waals surface area contributed by atoms with Gasteiger partial charge in [-0.3, -0.25) is 4.79 Å². The molecule has 1 aromatic heterocycles. The van der Waals surface area contributed by atoms with Gasteiger partial charge in [-0.1, -0.05) is 18.7 Å². The van der Waals surface area contributed by atoms with Crippen molar-refractivity contribution in [3.63, 3.8) is 0 Å². The van der Waals surface area contributed by atoms with Gasteiger partial charge in [-0.05, 0) is 31.3 Å². The lowest BCUT2D eigenvalue weighted by molar-refractivity contribution is -0.113. The number of aromatic nitrogens is 2. The second kappa shape index (κ2) is 8.35. The molecule has 2 heterocycles. The van der Waals surface area contributed by atoms with Crippen molar-refractivity contribution in [1.29, 1.82) is 0 Å². The first kappa shape index (κ1) is 17.8. The summed E-state index contributed by atoms with van der Waals surface area (Å²) in [6, 6.07) is 8.00. The van der Waals surface area contributed by atoms with E-state index in [0.29, 0.717) is 17.5 Å². The van der Waals surface area contributed by atoms with Crippen molar-refractivity contribution >= 4 is 29.0 Å². The number of hydrogen-bond acceptors (Lipinski definition) is 7. The Bertz CT molecular complexity index is 695. The normalized spacial score (nSPS) is 15.4. The second-order valence-electron chi connectivity index (χ2n) is 5.99. The van der Waals surface area contributed by atoms with E-state index in [-0.39, 0.29) is 11.7 Å². The average Bonchev–Trinajstić information content (AvgIpc) is 3.10. The Balaban J connectivity index is 1.48. The minimum atomic E-state index is -0.0893. The minimum absolute atomic E-state index is 0.0893. The summed E-state index contributed by atoms with van der Waals surface area (Å²) >= 11 is 1.24. The third-order valence-corrected chi connectivity index (χ3v) is 4.92. The molecule has 0 bridgehead atoms. The van der Waals surface area contributed by atoms with E-state index >= 15 is 0 Å². The predicted octanol–water partition coefficient (Wildman–Crippen LogP) is 2.11. The number of thioether (sulfide) groups is 1. The van der Waals surface area contributed by atoms with E-state index in [1.54, 1.807) is 0 Å². The lowest BCUT2D eigenvalue weighted by atomic mass is 10.2. The van der Waals surface area contributed by atoms with Gasteiger partial charge in [-0.25, -0.2) is 0 Å². The quantitative estimate of drug-likeness (QED) is 0.790. The van der Waals surface area contributed by atoms with Crippen LogP contribution in [0.3, 0.4) is 0 Å². The van der Waals surface area contributed by atoms with Crippen molar-refractivity contribution < 1.29 is 9.21 Å². The zero-order valence-electron chi connectivity index (χ0n) is 14.6. The van der Waals surface area contributed by atoms with Crippen LogP contribution in [0, 0.1) is 0 Å². The monoisotopic (exact) mass is 361 g/mol. The van der Waals surface area contributed by atoms with Gasteiger partial charge in [0.15, 0.2) is 0 Å². The molecule has 1 fully saturated rings. The number of carbonyl (C=O) groups excluding carboxylic acids is 1. The highest BCUT2D eigenvalue weighted by molar-refractivity contribution is 7.99. The summed E-state index contributed by atoms with van der Waals surface area (Å²) in [5.74, 6) is 0.738. The van der Waals surface area contributed by atoms with Crippen molar-refractivity contribution in [3.8, 4) is 0 Å². The maximum atomic E-state index is 12.0. The van der Waals surface area contributed by atoms with Crippen LogP contribution in [-0.2, 0) is 11.2 Å². The Kier molecular flexibility index (Phi) is 5.93. The number of aryl methyl sites for hydroxylation is 1. The van der Waals surface area contributed by atoms with Crippen LogP contribution < -0.4 is 10.2 Å². The molecule has 3 rings (SSSR count). The molecule has 2 aromatic rings. The highest BCUT2D eigenvalue weighted by Crippen LogP contribution is 2.20. The molecule has 8 heteroatoms. The van der Waals surface area contributed by atoms with E-state index in [1.807, 2.05) is 19.1 Å². The Labute approximate surface area is 151 Å². The molecule has 134 valence electrons. The number of anilines is 2. The number of carbonyl (C=O) groups is 1. The fourth-order valence-corrected chi connectivity index (χ4v) is 3.16. The van der Waals surface area contributed by atoms with E-state index in [1.165, 1.54) is 17.4 Å². The molecule has 1 saturated heterocycles. The van der Waals surface area contributed by atoms with Gasteiger partial charge in [0.25, 0.3) is 5.22 Å². The van der Waals surface area contributed by atoms with Crippen molar-refractivity contribution in [3.05, 3.63) is 30.2 Å². The summed E-state index contributed by atoms with van der Waals surface area (Å²) in [6.07, 6.45) is 0.694. The van der Waals surface area contributed by atoms with E-state index < -0.39 is 0 Å². The van der Waals surface area contributed by atoms with Gasteiger partial charge in [0.2, 0.25) is 11.8 Å². The summed E-state index contributed by atoms with van der Waals surface area (Å²) < 4.78 is 5.38. The largest absolute Gasteiger partial charge is 0.416 e. The maximum absolute atomic E-state index is 12.0. The fourth-order valence-electron chi connectivity index (χ4n) is 2.58. The van der Waals surface area contributed by atoms with Crippen molar-refractivity contribution in [2.45, 2.75) is 18.6 Å². The number of nitrogens with zero attached hydrogens (tertiary/aromatic N) is 4. The van der Waals surface area contributed by atoms with Gasteiger partial charge < -0.3 is 19.5 Å². The minimum Gasteiger partial charge on any atom is -0.416 e. The van der Waals surface area contributed by atoms with Gasteiger partial charge in [-0.2, -0.15) is 0 Å². The molecule has 1 aliphatic heterocycles. The average molecular weight is 361 g/mol. The van der Waals surface area contributed by atoms with Crippen LogP contribution in [0.5, 0.6) is 0 Å². The smallest absolute Gasteiger partial charge is 0.277 e. The summed E-state index contributed by atoms with van der Waals surface area (Å²) in [5, 5.41) is 11.1. The first-order valence-electron chi connectivity index (χ1n) is 8.42. The molecule has 7 nitrogen and oxygen atoms in total. The van der Waals surface area contributed by atoms with E-state index in [0.717, 1.165) is 31.9 Å². The topological polar surface area (TPSA) is 74.5 Å². The number of likely N-dealkylation sites (N-methyl/N-ethyl adjacent to an activating group) is 1. The second-order valence-corrected chi connectivity index (χ2v) is 6.92. The van der Waals surface area contributed by atoms with Crippen molar-refractivity contribution in [2.75, 3.05) is 49.2 Å². The van der Waals surface area contributed by atoms with Crippen LogP contribution >= 0.6 is 11.8 Å². The SMILES string of the molecule is CCc1nnc(SCC(=O)Nc2ccc(N3CCN(C)CC3)cc2)o1. The Morgan fingerprint density at radius 3 is 2.56 bits per heavy atom. The molecule has 0 spiro atoms. The maximum Gasteiger partial charge on any atom is 0.277 e. The van der Waals surface area contributed by atoms with Crippen LogP contribution in [-0.4, -0.2) is 60.0 Å². The molecular formula is C17H23N5O2S. The van der Waals surface area contributed by atoms with Gasteiger partial charge >= 0.3 is 0 Å². The molecule has 0 saturated carbocycles. The third-order valence-electron chi connectivity index (χ3n) is 4.10. The Morgan fingerprint density at radius 2 is 1.92 bits per heavy atom. The molecule has 1 amide bonds. The van der Waals surface area contributed by atoms with Crippen LogP contribution in [0.2, 0.25) is 0 Å². The first-order valence-corrected chi connectivity index (χ1v) is 9.41. The number of piperazine rings is 1. The highest BCUT2D eigenvalue weighted by atomic mass is 32.2. The molecule has 0 atom stereocenters. The molecule has 1 aromatic carbocycles. The zero-order chi connectivity index (χ0) is 17.6. The van der Waals surface area contributed by atoms with Crippen LogP contribution in [0.4, 0.5) is 11.4 Å². The van der Waals surface area contributed by atoms with Gasteiger partial charge in [0.1, 0.15) is 0 Å². The number of amides is 1. The van der Waals surface area contributed by atoms with Crippen molar-refractivity contribution in [1.82, 2.24) is 15.1 Å². The van der Waals surface area contributed by atoms with E-state index in [9.17, 15) is 4.79 Å². The fraction of sp³-hybridized carbons (Fsp3) is 0.471. The molecule has 0 radical (unpaired) electrons. The predicted molar refractivity (Wildman–Crippen MR) is 99.2 cm³/mol. The van der Waals surface area contributed by atoms with Gasteiger partial charge in [0, 0.05) is 44.0 Å². The molecule has 1 N–H and O–H groups in total. The lowest BCUT2D eigenvalue weighted by Gasteiger charge is -2.34. The molecule has 1 aliphatic rings. The summed E-state index contributed by atoms with van der Waals surface area (Å²) in [7, 11) is 2.14. The number of hydrogen-bond donors (Lipinski definition) is 1. The Hall–Kier alpha value is -2.06. The third kappa shape index (κ3) is 4.96. The molecule has 0 unspecified atom stereocenters. The first-order chi connectivity index (χ1) is 12.1. The van der Waals surface area contributed by atoms with E-state index in [4.69, 9.17) is 4.42 Å². The lowest BCUT2D eigenvalue weighted by Crippen LogP contribution is -2.44. The Morgan fingerprint density at radius 1 is 1.20 bits per heavy atom. The number of nitrogens with one attached hydrogen (secondary N) is 1. The van der Waals surface area contributed by atoms with Crippen molar-refractivity contribution in [2.24, 2.45) is 0 Å². The summed E-state index contributed by atoms with van der Waals surface area (Å²) in [6.45, 7) is 6.16. The van der Waals surface area contributed by atoms with Gasteiger partial charge in [-0.15, -0.1) is 10.2 Å². The molecule has 25 heavy (non-hydrogen) atoms. The zero-order valence-corrected chi connectivity index (χ0v) is 15.4.